The van der Waals surface area contributed by atoms with Crippen LogP contribution in [-0.2, 0) is 9.53 Å². The zero-order chi connectivity index (χ0) is 14.4. The number of rotatable bonds is 4. The Bertz CT molecular complexity index is 489. The van der Waals surface area contributed by atoms with E-state index in [0.29, 0.717) is 17.4 Å². The number of ether oxygens (including phenoxy) is 1. The number of carbonyl (C=O) groups is 3. The first kappa shape index (κ1) is 14.2. The first-order valence-electron chi connectivity index (χ1n) is 6.71. The molecule has 5 nitrogen and oxygen atoms in total. The van der Waals surface area contributed by atoms with Gasteiger partial charge in [0.1, 0.15) is 6.29 Å². The molecule has 1 aromatic carbocycles. The molecule has 1 fully saturated rings. The van der Waals surface area contributed by atoms with Gasteiger partial charge in [0.15, 0.2) is 6.61 Å². The molecule has 1 saturated heterocycles. The van der Waals surface area contributed by atoms with Gasteiger partial charge in [0.25, 0.3) is 5.91 Å². The lowest BCUT2D eigenvalue weighted by molar-refractivity contribution is -0.135. The van der Waals surface area contributed by atoms with Crippen LogP contribution >= 0.6 is 0 Å². The van der Waals surface area contributed by atoms with Gasteiger partial charge in [-0.05, 0) is 31.4 Å². The van der Waals surface area contributed by atoms with Crippen LogP contribution in [0.2, 0.25) is 0 Å². The van der Waals surface area contributed by atoms with Gasteiger partial charge in [-0.3, -0.25) is 9.59 Å². The summed E-state index contributed by atoms with van der Waals surface area (Å²) in [7, 11) is 0. The van der Waals surface area contributed by atoms with Crippen LogP contribution in [0.3, 0.4) is 0 Å². The summed E-state index contributed by atoms with van der Waals surface area (Å²) in [5.41, 5.74) is 0.827. The standard InChI is InChI=1S/C15H17NO4/c17-10-12-4-6-13(7-5-12)15(19)20-11-14(18)16-8-2-1-3-9-16/h4-7,10H,1-3,8-9,11H2. The molecule has 1 aliphatic heterocycles. The first-order chi connectivity index (χ1) is 9.70. The number of benzene rings is 1. The van der Waals surface area contributed by atoms with E-state index in [-0.39, 0.29) is 12.5 Å². The zero-order valence-corrected chi connectivity index (χ0v) is 11.2. The lowest BCUT2D eigenvalue weighted by atomic mass is 10.1. The molecule has 2 rings (SSSR count). The van der Waals surface area contributed by atoms with Gasteiger partial charge in [-0.25, -0.2) is 4.79 Å². The van der Waals surface area contributed by atoms with E-state index in [9.17, 15) is 14.4 Å². The van der Waals surface area contributed by atoms with E-state index in [1.165, 1.54) is 24.3 Å². The van der Waals surface area contributed by atoms with Crippen LogP contribution in [0.1, 0.15) is 40.0 Å². The Kier molecular flexibility index (Phi) is 4.87. The summed E-state index contributed by atoms with van der Waals surface area (Å²) in [5, 5.41) is 0. The topological polar surface area (TPSA) is 63.7 Å². The molecule has 0 N–H and O–H groups in total. The summed E-state index contributed by atoms with van der Waals surface area (Å²) in [5.74, 6) is -0.699. The predicted molar refractivity (Wildman–Crippen MR) is 72.5 cm³/mol. The number of amides is 1. The monoisotopic (exact) mass is 275 g/mol. The molecule has 0 unspecified atom stereocenters. The van der Waals surface area contributed by atoms with E-state index in [1.54, 1.807) is 4.90 Å². The van der Waals surface area contributed by atoms with Crippen molar-refractivity contribution in [1.29, 1.82) is 0 Å². The fourth-order valence-electron chi connectivity index (χ4n) is 2.14. The van der Waals surface area contributed by atoms with E-state index < -0.39 is 5.97 Å². The van der Waals surface area contributed by atoms with E-state index in [0.717, 1.165) is 32.4 Å². The van der Waals surface area contributed by atoms with Crippen LogP contribution in [0.25, 0.3) is 0 Å². The normalized spacial score (nSPS) is 14.7. The summed E-state index contributed by atoms with van der Waals surface area (Å²) in [6.45, 7) is 1.25. The summed E-state index contributed by atoms with van der Waals surface area (Å²) >= 11 is 0. The average molecular weight is 275 g/mol. The fourth-order valence-corrected chi connectivity index (χ4v) is 2.14. The van der Waals surface area contributed by atoms with Crippen molar-refractivity contribution in [1.82, 2.24) is 4.90 Å². The number of hydrogen-bond acceptors (Lipinski definition) is 4. The summed E-state index contributed by atoms with van der Waals surface area (Å²) in [4.78, 5) is 35.8. The van der Waals surface area contributed by atoms with E-state index in [1.807, 2.05) is 0 Å². The molecule has 0 bridgehead atoms. The Morgan fingerprint density at radius 3 is 2.35 bits per heavy atom. The molecule has 20 heavy (non-hydrogen) atoms. The third kappa shape index (κ3) is 3.66. The molecule has 1 heterocycles. The molecule has 0 atom stereocenters. The highest BCUT2D eigenvalue weighted by Gasteiger charge is 2.18. The quantitative estimate of drug-likeness (QED) is 0.619. The van der Waals surface area contributed by atoms with Crippen LogP contribution in [0.15, 0.2) is 24.3 Å². The summed E-state index contributed by atoms with van der Waals surface area (Å²) < 4.78 is 5.00. The smallest absolute Gasteiger partial charge is 0.338 e. The Balaban J connectivity index is 1.84. The molecule has 0 aromatic heterocycles. The van der Waals surface area contributed by atoms with Gasteiger partial charge >= 0.3 is 5.97 Å². The van der Waals surface area contributed by atoms with Crippen LogP contribution in [0.5, 0.6) is 0 Å². The molecule has 1 aliphatic rings. The van der Waals surface area contributed by atoms with E-state index in [2.05, 4.69) is 0 Å². The number of likely N-dealkylation sites (tertiary alicyclic amines) is 1. The number of aldehydes is 1. The first-order valence-corrected chi connectivity index (χ1v) is 6.71. The average Bonchev–Trinajstić information content (AvgIpc) is 2.53. The van der Waals surface area contributed by atoms with Gasteiger partial charge in [0, 0.05) is 18.7 Å². The molecule has 5 heteroatoms. The van der Waals surface area contributed by atoms with Crippen LogP contribution in [0.4, 0.5) is 0 Å². The molecule has 0 spiro atoms. The molecule has 0 aliphatic carbocycles. The Hall–Kier alpha value is -2.17. The summed E-state index contributed by atoms with van der Waals surface area (Å²) in [6, 6.07) is 6.10. The van der Waals surface area contributed by atoms with Crippen LogP contribution < -0.4 is 0 Å². The minimum Gasteiger partial charge on any atom is -0.452 e. The third-order valence-electron chi connectivity index (χ3n) is 3.32. The van der Waals surface area contributed by atoms with Crippen molar-refractivity contribution in [2.24, 2.45) is 0 Å². The Labute approximate surface area is 117 Å². The van der Waals surface area contributed by atoms with Crippen molar-refractivity contribution in [2.45, 2.75) is 19.3 Å². The van der Waals surface area contributed by atoms with Gasteiger partial charge in [-0.1, -0.05) is 12.1 Å². The number of hydrogen-bond donors (Lipinski definition) is 0. The van der Waals surface area contributed by atoms with E-state index >= 15 is 0 Å². The fraction of sp³-hybridized carbons (Fsp3) is 0.400. The highest BCUT2D eigenvalue weighted by atomic mass is 16.5. The maximum absolute atomic E-state index is 11.8. The van der Waals surface area contributed by atoms with E-state index in [4.69, 9.17) is 4.74 Å². The third-order valence-corrected chi connectivity index (χ3v) is 3.32. The minimum atomic E-state index is -0.548. The molecule has 106 valence electrons. The largest absolute Gasteiger partial charge is 0.452 e. The van der Waals surface area contributed by atoms with Crippen molar-refractivity contribution in [3.8, 4) is 0 Å². The predicted octanol–water partition coefficient (Wildman–Crippen LogP) is 1.67. The number of esters is 1. The lowest BCUT2D eigenvalue weighted by Gasteiger charge is -2.26. The van der Waals surface area contributed by atoms with Crippen molar-refractivity contribution in [3.05, 3.63) is 35.4 Å². The maximum atomic E-state index is 11.8. The second-order valence-electron chi connectivity index (χ2n) is 4.76. The van der Waals surface area contributed by atoms with Crippen molar-refractivity contribution >= 4 is 18.2 Å². The second-order valence-corrected chi connectivity index (χ2v) is 4.76. The minimum absolute atomic E-state index is 0.150. The molecule has 0 saturated carbocycles. The zero-order valence-electron chi connectivity index (χ0n) is 11.2. The number of piperidine rings is 1. The molecular formula is C15H17NO4. The Morgan fingerprint density at radius 2 is 1.75 bits per heavy atom. The molecular weight excluding hydrogens is 258 g/mol. The highest BCUT2D eigenvalue weighted by Crippen LogP contribution is 2.09. The van der Waals surface area contributed by atoms with Crippen molar-refractivity contribution in [2.75, 3.05) is 19.7 Å². The number of nitrogens with zero attached hydrogens (tertiary/aromatic N) is 1. The lowest BCUT2D eigenvalue weighted by Crippen LogP contribution is -2.38. The highest BCUT2D eigenvalue weighted by molar-refractivity contribution is 5.92. The van der Waals surface area contributed by atoms with Gasteiger partial charge in [0.05, 0.1) is 5.56 Å². The van der Waals surface area contributed by atoms with Gasteiger partial charge in [-0.2, -0.15) is 0 Å². The Morgan fingerprint density at radius 1 is 1.10 bits per heavy atom. The molecule has 0 radical (unpaired) electrons. The van der Waals surface area contributed by atoms with Crippen molar-refractivity contribution < 1.29 is 19.1 Å². The SMILES string of the molecule is O=Cc1ccc(C(=O)OCC(=O)N2CCCCC2)cc1. The van der Waals surface area contributed by atoms with Crippen LogP contribution in [0, 0.1) is 0 Å². The van der Waals surface area contributed by atoms with Gasteiger partial charge < -0.3 is 9.64 Å². The number of carbonyl (C=O) groups excluding carboxylic acids is 3. The summed E-state index contributed by atoms with van der Waals surface area (Å²) in [6.07, 6.45) is 3.86. The molecule has 1 aromatic rings. The maximum Gasteiger partial charge on any atom is 0.338 e. The van der Waals surface area contributed by atoms with Gasteiger partial charge in [0.2, 0.25) is 0 Å². The van der Waals surface area contributed by atoms with Gasteiger partial charge in [-0.15, -0.1) is 0 Å². The second kappa shape index (κ2) is 6.84. The molecule has 1 amide bonds. The van der Waals surface area contributed by atoms with Crippen LogP contribution in [-0.4, -0.2) is 42.8 Å². The van der Waals surface area contributed by atoms with Crippen molar-refractivity contribution in [3.63, 3.8) is 0 Å².